The highest BCUT2D eigenvalue weighted by atomic mass is 16.6. The molecule has 4 aromatic carbocycles. The Balaban J connectivity index is 0.00000242. The van der Waals surface area contributed by atoms with Gasteiger partial charge in [0.15, 0.2) is 6.10 Å². The molecule has 0 bridgehead atoms. The van der Waals surface area contributed by atoms with E-state index in [2.05, 4.69) is 28.8 Å². The number of nitrogens with zero attached hydrogens (tertiary/aromatic N) is 3. The van der Waals surface area contributed by atoms with Gasteiger partial charge in [0.2, 0.25) is 5.91 Å². The van der Waals surface area contributed by atoms with E-state index in [-0.39, 0.29) is 55.7 Å². The smallest absolute Gasteiger partial charge is 0.407 e. The summed E-state index contributed by atoms with van der Waals surface area (Å²) in [6.07, 6.45) is -0.351. The molecule has 3 aliphatic rings. The van der Waals surface area contributed by atoms with Gasteiger partial charge in [-0.15, -0.1) is 0 Å². The van der Waals surface area contributed by atoms with Gasteiger partial charge in [-0.1, -0.05) is 86.6 Å². The van der Waals surface area contributed by atoms with Crippen LogP contribution in [0.15, 0.2) is 108 Å². The SMILES string of the molecule is CC.Cc1c2c(nc3ccc4ncc(-c5ccc(COCNC(=O)CNC(=O)OCC6c7ccccc7-c7ccccc76)cc5)cc4c13)-c1cc3c(c(=O)n1C2)COC(=O)C3O. The molecule has 2 aliphatic heterocycles. The summed E-state index contributed by atoms with van der Waals surface area (Å²) in [5, 5.41) is 17.5. The lowest BCUT2D eigenvalue weighted by molar-refractivity contribution is -0.157. The van der Waals surface area contributed by atoms with Crippen LogP contribution in [0.4, 0.5) is 4.79 Å². The number of amides is 2. The molecule has 13 heteroatoms. The van der Waals surface area contributed by atoms with E-state index < -0.39 is 24.1 Å². The monoisotopic (exact) mass is 829 g/mol. The number of cyclic esters (lactones) is 1. The molecular weight excluding hydrogens is 787 g/mol. The van der Waals surface area contributed by atoms with E-state index in [1.165, 1.54) is 0 Å². The Bertz CT molecular complexity index is 2950. The van der Waals surface area contributed by atoms with Crippen LogP contribution >= 0.6 is 0 Å². The Hall–Kier alpha value is -7.22. The Morgan fingerprint density at radius 3 is 2.31 bits per heavy atom. The number of alkyl carbamates (subject to hydrolysis) is 1. The minimum atomic E-state index is -1.51. The number of aliphatic hydroxyl groups is 1. The molecule has 10 rings (SSSR count). The molecule has 0 radical (unpaired) electrons. The second-order valence-corrected chi connectivity index (χ2v) is 15.1. The zero-order chi connectivity index (χ0) is 43.1. The van der Waals surface area contributed by atoms with E-state index in [0.717, 1.165) is 71.9 Å². The van der Waals surface area contributed by atoms with Crippen molar-refractivity contribution in [2.45, 2.75) is 52.6 Å². The number of esters is 1. The van der Waals surface area contributed by atoms with Gasteiger partial charge in [-0.2, -0.15) is 0 Å². The second kappa shape index (κ2) is 16.7. The van der Waals surface area contributed by atoms with Crippen LogP contribution in [0.1, 0.15) is 64.8 Å². The van der Waals surface area contributed by atoms with Crippen molar-refractivity contribution >= 4 is 39.8 Å². The van der Waals surface area contributed by atoms with Crippen molar-refractivity contribution in [1.29, 1.82) is 0 Å². The summed E-state index contributed by atoms with van der Waals surface area (Å²) in [7, 11) is 0. The van der Waals surface area contributed by atoms with Crippen LogP contribution in [-0.4, -0.2) is 57.5 Å². The first-order valence-electron chi connectivity index (χ1n) is 20.6. The van der Waals surface area contributed by atoms with Crippen LogP contribution in [0, 0.1) is 6.92 Å². The average molecular weight is 830 g/mol. The number of ether oxygens (including phenoxy) is 3. The Labute approximate surface area is 356 Å². The van der Waals surface area contributed by atoms with E-state index in [0.29, 0.717) is 17.9 Å². The molecule has 0 spiro atoms. The van der Waals surface area contributed by atoms with Gasteiger partial charge in [-0.05, 0) is 70.1 Å². The quantitative estimate of drug-likeness (QED) is 0.0586. The fraction of sp³-hybridized carbons (Fsp3) is 0.224. The second-order valence-electron chi connectivity index (χ2n) is 15.1. The molecule has 3 aromatic heterocycles. The molecule has 0 saturated carbocycles. The van der Waals surface area contributed by atoms with Crippen molar-refractivity contribution in [1.82, 2.24) is 25.2 Å². The Morgan fingerprint density at radius 2 is 1.56 bits per heavy atom. The molecule has 1 atom stereocenters. The van der Waals surface area contributed by atoms with Crippen LogP contribution in [0.5, 0.6) is 0 Å². The van der Waals surface area contributed by atoms with E-state index in [1.807, 2.05) is 99.8 Å². The summed E-state index contributed by atoms with van der Waals surface area (Å²) in [6.45, 7) is 6.29. The maximum atomic E-state index is 13.5. The average Bonchev–Trinajstić information content (AvgIpc) is 3.84. The summed E-state index contributed by atoms with van der Waals surface area (Å²) in [5.41, 5.74) is 12.1. The molecule has 62 heavy (non-hydrogen) atoms. The number of nitrogens with one attached hydrogen (secondary N) is 2. The predicted molar refractivity (Wildman–Crippen MR) is 233 cm³/mol. The summed E-state index contributed by atoms with van der Waals surface area (Å²) in [5.74, 6) is -1.25. The third kappa shape index (κ3) is 7.14. The van der Waals surface area contributed by atoms with Crippen LogP contribution in [-0.2, 0) is 43.6 Å². The number of benzene rings is 4. The number of rotatable bonds is 9. The molecule has 13 nitrogen and oxygen atoms in total. The highest BCUT2D eigenvalue weighted by Gasteiger charge is 2.35. The molecule has 1 unspecified atom stereocenters. The third-order valence-electron chi connectivity index (χ3n) is 11.7. The molecule has 312 valence electrons. The maximum absolute atomic E-state index is 13.5. The van der Waals surface area contributed by atoms with Crippen molar-refractivity contribution in [3.63, 3.8) is 0 Å². The molecule has 7 aromatic rings. The van der Waals surface area contributed by atoms with E-state index in [4.69, 9.17) is 24.2 Å². The summed E-state index contributed by atoms with van der Waals surface area (Å²) in [6, 6.07) is 31.7. The largest absolute Gasteiger partial charge is 0.458 e. The number of aryl methyl sites for hydroxylation is 1. The van der Waals surface area contributed by atoms with E-state index in [1.54, 1.807) is 10.6 Å². The lowest BCUT2D eigenvalue weighted by Crippen LogP contribution is -2.38. The molecule has 0 fully saturated rings. The van der Waals surface area contributed by atoms with Gasteiger partial charge in [0.1, 0.15) is 26.5 Å². The number of aliphatic hydroxyl groups excluding tert-OH is 1. The zero-order valence-electron chi connectivity index (χ0n) is 34.4. The first kappa shape index (κ1) is 40.2. The van der Waals surface area contributed by atoms with Gasteiger partial charge in [0, 0.05) is 39.6 Å². The van der Waals surface area contributed by atoms with Crippen molar-refractivity contribution in [3.8, 4) is 33.6 Å². The van der Waals surface area contributed by atoms with Crippen LogP contribution in [0.25, 0.3) is 55.4 Å². The summed E-state index contributed by atoms with van der Waals surface area (Å²) >= 11 is 0. The molecule has 1 aliphatic carbocycles. The number of carbonyl (C=O) groups is 3. The number of hydrogen-bond acceptors (Lipinski definition) is 10. The van der Waals surface area contributed by atoms with Crippen LogP contribution in [0.2, 0.25) is 0 Å². The maximum Gasteiger partial charge on any atom is 0.407 e. The minimum absolute atomic E-state index is 0.0379. The highest BCUT2D eigenvalue weighted by Crippen LogP contribution is 2.45. The number of aromatic nitrogens is 3. The molecule has 5 heterocycles. The summed E-state index contributed by atoms with van der Waals surface area (Å²) < 4.78 is 17.9. The van der Waals surface area contributed by atoms with Crippen molar-refractivity contribution in [3.05, 3.63) is 153 Å². The van der Waals surface area contributed by atoms with E-state index in [9.17, 15) is 24.3 Å². The lowest BCUT2D eigenvalue weighted by atomic mass is 9.96. The van der Waals surface area contributed by atoms with Crippen molar-refractivity contribution in [2.24, 2.45) is 0 Å². The molecule has 2 amide bonds. The molecular formula is C49H43N5O8. The van der Waals surface area contributed by atoms with Gasteiger partial charge >= 0.3 is 12.1 Å². The fourth-order valence-electron chi connectivity index (χ4n) is 8.67. The van der Waals surface area contributed by atoms with Crippen molar-refractivity contribution < 1.29 is 33.7 Å². The van der Waals surface area contributed by atoms with Crippen LogP contribution < -0.4 is 16.2 Å². The normalized spacial score (nSPS) is 14.5. The van der Waals surface area contributed by atoms with Crippen LogP contribution in [0.3, 0.4) is 0 Å². The minimum Gasteiger partial charge on any atom is -0.458 e. The van der Waals surface area contributed by atoms with Gasteiger partial charge in [0.25, 0.3) is 5.56 Å². The van der Waals surface area contributed by atoms with Gasteiger partial charge in [-0.3, -0.25) is 14.6 Å². The van der Waals surface area contributed by atoms with Gasteiger partial charge in [0.05, 0.1) is 41.1 Å². The topological polar surface area (TPSA) is 171 Å². The number of carbonyl (C=O) groups excluding carboxylic acids is 3. The predicted octanol–water partition coefficient (Wildman–Crippen LogP) is 7.19. The highest BCUT2D eigenvalue weighted by molar-refractivity contribution is 6.09. The first-order valence-corrected chi connectivity index (χ1v) is 20.6. The van der Waals surface area contributed by atoms with Gasteiger partial charge < -0.3 is 34.5 Å². The molecule has 0 saturated heterocycles. The number of fused-ring (bicyclic) bond motifs is 10. The van der Waals surface area contributed by atoms with Gasteiger partial charge in [-0.25, -0.2) is 14.6 Å². The third-order valence-corrected chi connectivity index (χ3v) is 11.7. The fourth-order valence-corrected chi connectivity index (χ4v) is 8.67. The number of hydrogen-bond donors (Lipinski definition) is 3. The number of pyridine rings is 3. The standard InChI is InChI=1S/C47H37N5O8.C2H6/c1-25-35-20-52-40(17-33-37(45(52)55)23-59-46(56)44(33)54)43(35)51-39-15-14-38-34(42(25)39)16-28(18-48-38)27-12-10-26(11-13-27)21-58-24-50-41(53)19-49-47(57)60-22-36-31-8-4-2-6-29(31)30-7-3-5-9-32(30)36;1-2/h2-18,36,44,54H,19-24H2,1H3,(H,49,57)(H,50,53);1-2H3. The van der Waals surface area contributed by atoms with Crippen molar-refractivity contribution in [2.75, 3.05) is 19.9 Å². The molecule has 3 N–H and O–H groups in total. The van der Waals surface area contributed by atoms with E-state index >= 15 is 0 Å². The first-order chi connectivity index (χ1) is 30.2. The summed E-state index contributed by atoms with van der Waals surface area (Å²) in [4.78, 5) is 60.3. The zero-order valence-corrected chi connectivity index (χ0v) is 34.4. The Morgan fingerprint density at radius 1 is 0.855 bits per heavy atom. The Kier molecular flexibility index (Phi) is 10.8. The lowest BCUT2D eigenvalue weighted by Gasteiger charge is -2.21.